The molecule has 0 amide bonds. The maximum absolute atomic E-state index is 9.46. The van der Waals surface area contributed by atoms with Gasteiger partial charge in [0, 0.05) is 19.6 Å². The first kappa shape index (κ1) is 14.2. The van der Waals surface area contributed by atoms with Crippen LogP contribution in [0.4, 0.5) is 0 Å². The minimum Gasteiger partial charge on any atom is -0.392 e. The Balaban J connectivity index is 2.68. The zero-order valence-corrected chi connectivity index (χ0v) is 10.9. The van der Waals surface area contributed by atoms with Gasteiger partial charge in [-0.05, 0) is 31.9 Å². The highest BCUT2D eigenvalue weighted by Gasteiger charge is 2.12. The Kier molecular flexibility index (Phi) is 5.62. The van der Waals surface area contributed by atoms with E-state index in [2.05, 4.69) is 24.0 Å². The molecule has 0 saturated heterocycles. The maximum atomic E-state index is 9.46. The molecular weight excluding hydrogens is 214 g/mol. The summed E-state index contributed by atoms with van der Waals surface area (Å²) >= 11 is 0. The molecule has 3 heteroatoms. The summed E-state index contributed by atoms with van der Waals surface area (Å²) in [6, 6.07) is 8.21. The summed E-state index contributed by atoms with van der Waals surface area (Å²) in [6.07, 6.45) is -0.754. The van der Waals surface area contributed by atoms with Crippen molar-refractivity contribution < 1.29 is 10.2 Å². The summed E-state index contributed by atoms with van der Waals surface area (Å²) in [5, 5.41) is 18.9. The van der Waals surface area contributed by atoms with E-state index in [-0.39, 0.29) is 12.2 Å². The third kappa shape index (κ3) is 5.31. The van der Waals surface area contributed by atoms with E-state index in [1.165, 1.54) is 11.1 Å². The molecule has 0 aromatic heterocycles. The molecule has 0 spiro atoms. The van der Waals surface area contributed by atoms with Crippen LogP contribution in [0, 0.1) is 6.92 Å². The maximum Gasteiger partial charge on any atom is 0.0639 e. The first-order valence-corrected chi connectivity index (χ1v) is 6.12. The smallest absolute Gasteiger partial charge is 0.0639 e. The van der Waals surface area contributed by atoms with E-state index in [9.17, 15) is 10.2 Å². The Morgan fingerprint density at radius 3 is 2.06 bits per heavy atom. The van der Waals surface area contributed by atoms with Gasteiger partial charge < -0.3 is 10.2 Å². The molecule has 96 valence electrons. The van der Waals surface area contributed by atoms with E-state index in [1.807, 2.05) is 12.1 Å². The average molecular weight is 237 g/mol. The molecule has 1 aromatic rings. The zero-order valence-electron chi connectivity index (χ0n) is 10.9. The number of nitrogens with zero attached hydrogens (tertiary/aromatic N) is 1. The zero-order chi connectivity index (χ0) is 12.8. The predicted molar refractivity (Wildman–Crippen MR) is 69.8 cm³/mol. The fraction of sp³-hybridized carbons (Fsp3) is 0.571. The van der Waals surface area contributed by atoms with Gasteiger partial charge in [-0.15, -0.1) is 0 Å². The summed E-state index contributed by atoms with van der Waals surface area (Å²) < 4.78 is 0. The van der Waals surface area contributed by atoms with Crippen LogP contribution in [-0.4, -0.2) is 40.4 Å². The first-order valence-electron chi connectivity index (χ1n) is 6.12. The number of benzene rings is 1. The summed E-state index contributed by atoms with van der Waals surface area (Å²) in [5.74, 6) is 0. The highest BCUT2D eigenvalue weighted by atomic mass is 16.3. The molecule has 0 aliphatic carbocycles. The summed E-state index contributed by atoms with van der Waals surface area (Å²) in [6.45, 7) is 7.55. The van der Waals surface area contributed by atoms with Gasteiger partial charge in [-0.2, -0.15) is 0 Å². The van der Waals surface area contributed by atoms with Gasteiger partial charge >= 0.3 is 0 Å². The number of aryl methyl sites for hydroxylation is 1. The lowest BCUT2D eigenvalue weighted by molar-refractivity contribution is 0.0793. The van der Waals surface area contributed by atoms with Gasteiger partial charge in [0.15, 0.2) is 0 Å². The second-order valence-corrected chi connectivity index (χ2v) is 4.82. The first-order chi connectivity index (χ1) is 7.99. The Hall–Kier alpha value is -0.900. The summed E-state index contributed by atoms with van der Waals surface area (Å²) in [7, 11) is 0. The highest BCUT2D eigenvalue weighted by molar-refractivity contribution is 5.25. The minimum absolute atomic E-state index is 0.377. The van der Waals surface area contributed by atoms with Crippen molar-refractivity contribution in [2.45, 2.75) is 39.5 Å². The van der Waals surface area contributed by atoms with Crippen molar-refractivity contribution in [3.05, 3.63) is 35.4 Å². The number of aliphatic hydroxyl groups is 2. The van der Waals surface area contributed by atoms with Gasteiger partial charge in [-0.3, -0.25) is 4.90 Å². The van der Waals surface area contributed by atoms with E-state index in [4.69, 9.17) is 0 Å². The lowest BCUT2D eigenvalue weighted by Gasteiger charge is -2.25. The van der Waals surface area contributed by atoms with E-state index < -0.39 is 0 Å². The highest BCUT2D eigenvalue weighted by Crippen LogP contribution is 2.11. The predicted octanol–water partition coefficient (Wildman–Crippen LogP) is 1.56. The quantitative estimate of drug-likeness (QED) is 0.789. The Morgan fingerprint density at radius 2 is 1.59 bits per heavy atom. The lowest BCUT2D eigenvalue weighted by atomic mass is 10.1. The molecule has 1 rings (SSSR count). The van der Waals surface area contributed by atoms with Gasteiger partial charge in [0.1, 0.15) is 0 Å². The fourth-order valence-electron chi connectivity index (χ4n) is 1.98. The number of hydrogen-bond acceptors (Lipinski definition) is 3. The van der Waals surface area contributed by atoms with Gasteiger partial charge in [-0.1, -0.05) is 24.3 Å². The molecule has 3 nitrogen and oxygen atoms in total. The molecular formula is C14H23NO2. The lowest BCUT2D eigenvalue weighted by Crippen LogP contribution is -2.36. The molecule has 0 bridgehead atoms. The van der Waals surface area contributed by atoms with E-state index in [0.717, 1.165) is 6.54 Å². The van der Waals surface area contributed by atoms with Gasteiger partial charge in [0.25, 0.3) is 0 Å². The molecule has 17 heavy (non-hydrogen) atoms. The molecule has 2 unspecified atom stereocenters. The van der Waals surface area contributed by atoms with Crippen LogP contribution in [-0.2, 0) is 6.54 Å². The van der Waals surface area contributed by atoms with Crippen molar-refractivity contribution in [3.8, 4) is 0 Å². The molecule has 2 N–H and O–H groups in total. The molecule has 2 atom stereocenters. The van der Waals surface area contributed by atoms with Crippen molar-refractivity contribution in [2.24, 2.45) is 0 Å². The third-order valence-electron chi connectivity index (χ3n) is 2.70. The van der Waals surface area contributed by atoms with E-state index in [1.54, 1.807) is 13.8 Å². The molecule has 0 fully saturated rings. The summed E-state index contributed by atoms with van der Waals surface area (Å²) in [4.78, 5) is 2.08. The fourth-order valence-corrected chi connectivity index (χ4v) is 1.98. The van der Waals surface area contributed by atoms with Crippen molar-refractivity contribution in [1.29, 1.82) is 0 Å². The van der Waals surface area contributed by atoms with Crippen molar-refractivity contribution in [2.75, 3.05) is 13.1 Å². The molecule has 0 aliphatic rings. The molecule has 1 aromatic carbocycles. The van der Waals surface area contributed by atoms with Crippen LogP contribution in [0.3, 0.4) is 0 Å². The van der Waals surface area contributed by atoms with Crippen LogP contribution in [0.5, 0.6) is 0 Å². The summed E-state index contributed by atoms with van der Waals surface area (Å²) in [5.41, 5.74) is 2.49. The Morgan fingerprint density at radius 1 is 1.06 bits per heavy atom. The topological polar surface area (TPSA) is 43.7 Å². The second kappa shape index (κ2) is 6.74. The van der Waals surface area contributed by atoms with Crippen LogP contribution in [0.15, 0.2) is 24.3 Å². The Bertz CT molecular complexity index is 327. The minimum atomic E-state index is -0.377. The van der Waals surface area contributed by atoms with E-state index in [0.29, 0.717) is 13.1 Å². The molecule has 0 aliphatic heterocycles. The molecule has 0 radical (unpaired) electrons. The number of rotatable bonds is 6. The Labute approximate surface area is 104 Å². The van der Waals surface area contributed by atoms with Crippen LogP contribution < -0.4 is 0 Å². The molecule has 0 saturated carbocycles. The van der Waals surface area contributed by atoms with Gasteiger partial charge in [0.2, 0.25) is 0 Å². The normalized spacial score (nSPS) is 14.9. The van der Waals surface area contributed by atoms with Crippen LogP contribution in [0.1, 0.15) is 25.0 Å². The molecule has 0 heterocycles. The van der Waals surface area contributed by atoms with Gasteiger partial charge in [0.05, 0.1) is 12.2 Å². The standard InChI is InChI=1S/C14H23NO2/c1-11-6-4-5-7-14(11)10-15(8-12(2)16)9-13(3)17/h4-7,12-13,16-17H,8-10H2,1-3H3. The van der Waals surface area contributed by atoms with Crippen molar-refractivity contribution >= 4 is 0 Å². The monoisotopic (exact) mass is 237 g/mol. The number of aliphatic hydroxyl groups excluding tert-OH is 2. The SMILES string of the molecule is Cc1ccccc1CN(CC(C)O)CC(C)O. The third-order valence-corrected chi connectivity index (χ3v) is 2.70. The second-order valence-electron chi connectivity index (χ2n) is 4.82. The van der Waals surface area contributed by atoms with Crippen LogP contribution in [0.25, 0.3) is 0 Å². The van der Waals surface area contributed by atoms with Crippen molar-refractivity contribution in [1.82, 2.24) is 4.90 Å². The number of hydrogen-bond donors (Lipinski definition) is 2. The average Bonchev–Trinajstić information content (AvgIpc) is 2.19. The van der Waals surface area contributed by atoms with Crippen LogP contribution in [0.2, 0.25) is 0 Å². The van der Waals surface area contributed by atoms with Crippen LogP contribution >= 0.6 is 0 Å². The van der Waals surface area contributed by atoms with Crippen molar-refractivity contribution in [3.63, 3.8) is 0 Å². The largest absolute Gasteiger partial charge is 0.392 e. The van der Waals surface area contributed by atoms with Gasteiger partial charge in [-0.25, -0.2) is 0 Å². The van der Waals surface area contributed by atoms with E-state index >= 15 is 0 Å².